The molecule has 1 aliphatic rings. The summed E-state index contributed by atoms with van der Waals surface area (Å²) < 4.78 is 5.96. The average molecular weight is 310 g/mol. The molecule has 22 heavy (non-hydrogen) atoms. The standard InChI is InChI=1S/C17H14N2O2S/c20-9-11-5-7-12(8-6-11)21-16-15-13-3-1-2-4-14(13)22-17(15)19-10-18-16/h5-10H,1-4H2. The molecule has 5 heteroatoms. The maximum absolute atomic E-state index is 10.7. The molecule has 4 rings (SSSR count). The monoisotopic (exact) mass is 310 g/mol. The minimum atomic E-state index is 0.614. The summed E-state index contributed by atoms with van der Waals surface area (Å²) >= 11 is 1.75. The van der Waals surface area contributed by atoms with Crippen molar-refractivity contribution in [3.63, 3.8) is 0 Å². The number of nitrogens with zero attached hydrogens (tertiary/aromatic N) is 2. The first-order valence-corrected chi connectivity index (χ1v) is 8.15. The van der Waals surface area contributed by atoms with Crippen molar-refractivity contribution >= 4 is 27.8 Å². The number of aldehydes is 1. The van der Waals surface area contributed by atoms with Crippen LogP contribution in [-0.4, -0.2) is 16.3 Å². The first-order valence-electron chi connectivity index (χ1n) is 7.33. The van der Waals surface area contributed by atoms with Crippen molar-refractivity contribution in [3.05, 3.63) is 46.6 Å². The fraction of sp³-hybridized carbons (Fsp3) is 0.235. The van der Waals surface area contributed by atoms with Gasteiger partial charge >= 0.3 is 0 Å². The van der Waals surface area contributed by atoms with Crippen LogP contribution < -0.4 is 4.74 Å². The molecule has 1 aromatic carbocycles. The van der Waals surface area contributed by atoms with Gasteiger partial charge in [-0.25, -0.2) is 9.97 Å². The summed E-state index contributed by atoms with van der Waals surface area (Å²) in [5, 5.41) is 1.06. The molecule has 0 unspecified atom stereocenters. The number of carbonyl (C=O) groups excluding carboxylic acids is 1. The van der Waals surface area contributed by atoms with Crippen LogP contribution in [0.4, 0.5) is 0 Å². The Morgan fingerprint density at radius 1 is 1.09 bits per heavy atom. The van der Waals surface area contributed by atoms with Gasteiger partial charge in [-0.1, -0.05) is 0 Å². The number of hydrogen-bond acceptors (Lipinski definition) is 5. The molecule has 2 heterocycles. The fourth-order valence-corrected chi connectivity index (χ4v) is 4.08. The summed E-state index contributed by atoms with van der Waals surface area (Å²) in [5.74, 6) is 1.30. The van der Waals surface area contributed by atoms with E-state index in [4.69, 9.17) is 4.74 Å². The van der Waals surface area contributed by atoms with Gasteiger partial charge < -0.3 is 4.74 Å². The van der Waals surface area contributed by atoms with E-state index < -0.39 is 0 Å². The quantitative estimate of drug-likeness (QED) is 0.681. The first-order chi connectivity index (χ1) is 10.8. The van der Waals surface area contributed by atoms with Crippen molar-refractivity contribution in [1.82, 2.24) is 9.97 Å². The van der Waals surface area contributed by atoms with Crippen LogP contribution in [0.3, 0.4) is 0 Å². The number of aryl methyl sites for hydroxylation is 2. The average Bonchev–Trinajstić information content (AvgIpc) is 2.95. The van der Waals surface area contributed by atoms with Crippen molar-refractivity contribution in [2.75, 3.05) is 0 Å². The number of ether oxygens (including phenoxy) is 1. The minimum absolute atomic E-state index is 0.614. The predicted molar refractivity (Wildman–Crippen MR) is 86.0 cm³/mol. The van der Waals surface area contributed by atoms with E-state index in [2.05, 4.69) is 9.97 Å². The lowest BCUT2D eigenvalue weighted by Gasteiger charge is -2.11. The van der Waals surface area contributed by atoms with Gasteiger partial charge in [0.25, 0.3) is 0 Å². The zero-order valence-electron chi connectivity index (χ0n) is 11.9. The third-order valence-corrected chi connectivity index (χ3v) is 5.15. The molecule has 2 aromatic heterocycles. The second-order valence-corrected chi connectivity index (χ2v) is 6.44. The SMILES string of the molecule is O=Cc1ccc(Oc2ncnc3sc4c(c23)CCCC4)cc1. The van der Waals surface area contributed by atoms with Crippen LogP contribution in [0.5, 0.6) is 11.6 Å². The van der Waals surface area contributed by atoms with Crippen LogP contribution in [0.2, 0.25) is 0 Å². The summed E-state index contributed by atoms with van der Waals surface area (Å²) in [4.78, 5) is 21.9. The number of thiophene rings is 1. The Morgan fingerprint density at radius 3 is 2.73 bits per heavy atom. The van der Waals surface area contributed by atoms with Crippen molar-refractivity contribution < 1.29 is 9.53 Å². The van der Waals surface area contributed by atoms with Crippen molar-refractivity contribution in [3.8, 4) is 11.6 Å². The summed E-state index contributed by atoms with van der Waals surface area (Å²) in [6.07, 6.45) is 7.03. The van der Waals surface area contributed by atoms with Crippen LogP contribution >= 0.6 is 11.3 Å². The number of fused-ring (bicyclic) bond motifs is 3. The van der Waals surface area contributed by atoms with Gasteiger partial charge in [0, 0.05) is 10.4 Å². The van der Waals surface area contributed by atoms with E-state index in [0.717, 1.165) is 29.3 Å². The van der Waals surface area contributed by atoms with E-state index in [1.165, 1.54) is 23.3 Å². The molecule has 0 fully saturated rings. The van der Waals surface area contributed by atoms with E-state index >= 15 is 0 Å². The summed E-state index contributed by atoms with van der Waals surface area (Å²) in [6, 6.07) is 7.06. The Labute approximate surface area is 131 Å². The predicted octanol–water partition coefficient (Wildman–Crippen LogP) is 4.17. The lowest BCUT2D eigenvalue weighted by atomic mass is 9.97. The van der Waals surface area contributed by atoms with E-state index in [1.54, 1.807) is 41.9 Å². The molecule has 0 radical (unpaired) electrons. The third kappa shape index (κ3) is 2.27. The Bertz CT molecular complexity index is 840. The molecule has 0 saturated heterocycles. The zero-order chi connectivity index (χ0) is 14.9. The lowest BCUT2D eigenvalue weighted by molar-refractivity contribution is 0.112. The Kier molecular flexibility index (Phi) is 3.35. The highest BCUT2D eigenvalue weighted by molar-refractivity contribution is 7.18. The summed E-state index contributed by atoms with van der Waals surface area (Å²) in [5.41, 5.74) is 1.99. The molecule has 0 bridgehead atoms. The van der Waals surface area contributed by atoms with Crippen molar-refractivity contribution in [2.24, 2.45) is 0 Å². The molecular weight excluding hydrogens is 296 g/mol. The second kappa shape index (κ2) is 5.50. The van der Waals surface area contributed by atoms with Crippen molar-refractivity contribution in [1.29, 1.82) is 0 Å². The van der Waals surface area contributed by atoms with Gasteiger partial charge in [0.05, 0.1) is 5.39 Å². The normalized spacial score (nSPS) is 13.8. The van der Waals surface area contributed by atoms with Gasteiger partial charge in [-0.15, -0.1) is 11.3 Å². The van der Waals surface area contributed by atoms with Crippen LogP contribution in [0.25, 0.3) is 10.2 Å². The molecule has 0 amide bonds. The summed E-state index contributed by atoms with van der Waals surface area (Å²) in [7, 11) is 0. The third-order valence-electron chi connectivity index (χ3n) is 3.95. The fourth-order valence-electron chi connectivity index (χ4n) is 2.86. The van der Waals surface area contributed by atoms with Gasteiger partial charge in [-0.05, 0) is 55.5 Å². The molecule has 0 N–H and O–H groups in total. The number of hydrogen-bond donors (Lipinski definition) is 0. The van der Waals surface area contributed by atoms with E-state index in [9.17, 15) is 4.79 Å². The molecule has 1 aliphatic carbocycles. The molecule has 3 aromatic rings. The molecular formula is C17H14N2O2S. The smallest absolute Gasteiger partial charge is 0.231 e. The van der Waals surface area contributed by atoms with Gasteiger partial charge in [0.1, 0.15) is 23.2 Å². The number of benzene rings is 1. The Balaban J connectivity index is 1.77. The number of carbonyl (C=O) groups is 1. The van der Waals surface area contributed by atoms with Gasteiger partial charge in [-0.3, -0.25) is 4.79 Å². The largest absolute Gasteiger partial charge is 0.438 e. The van der Waals surface area contributed by atoms with Crippen LogP contribution in [0, 0.1) is 0 Å². The van der Waals surface area contributed by atoms with Crippen LogP contribution in [0.15, 0.2) is 30.6 Å². The summed E-state index contributed by atoms with van der Waals surface area (Å²) in [6.45, 7) is 0. The Hall–Kier alpha value is -2.27. The van der Waals surface area contributed by atoms with Gasteiger partial charge in [-0.2, -0.15) is 0 Å². The van der Waals surface area contributed by atoms with Gasteiger partial charge in [0.2, 0.25) is 5.88 Å². The maximum atomic E-state index is 10.7. The molecule has 110 valence electrons. The van der Waals surface area contributed by atoms with Crippen LogP contribution in [0.1, 0.15) is 33.6 Å². The number of rotatable bonds is 3. The van der Waals surface area contributed by atoms with Gasteiger partial charge in [0.15, 0.2) is 0 Å². The molecule has 4 nitrogen and oxygen atoms in total. The zero-order valence-corrected chi connectivity index (χ0v) is 12.7. The lowest BCUT2D eigenvalue weighted by Crippen LogP contribution is -1.99. The maximum Gasteiger partial charge on any atom is 0.231 e. The number of aromatic nitrogens is 2. The second-order valence-electron chi connectivity index (χ2n) is 5.36. The Morgan fingerprint density at radius 2 is 1.91 bits per heavy atom. The van der Waals surface area contributed by atoms with Crippen molar-refractivity contribution in [2.45, 2.75) is 25.7 Å². The molecule has 0 aliphatic heterocycles. The topological polar surface area (TPSA) is 52.1 Å². The first kappa shape index (κ1) is 13.4. The highest BCUT2D eigenvalue weighted by Gasteiger charge is 2.20. The highest BCUT2D eigenvalue weighted by atomic mass is 32.1. The van der Waals surface area contributed by atoms with E-state index in [0.29, 0.717) is 17.2 Å². The van der Waals surface area contributed by atoms with Crippen LogP contribution in [-0.2, 0) is 12.8 Å². The molecule has 0 atom stereocenters. The molecule has 0 saturated carbocycles. The minimum Gasteiger partial charge on any atom is -0.438 e. The highest BCUT2D eigenvalue weighted by Crippen LogP contribution is 2.40. The molecule has 0 spiro atoms. The van der Waals surface area contributed by atoms with E-state index in [-0.39, 0.29) is 0 Å². The van der Waals surface area contributed by atoms with E-state index in [1.807, 2.05) is 0 Å².